The first-order chi connectivity index (χ1) is 8.09. The second-order valence-electron chi connectivity index (χ2n) is 4.22. The van der Waals surface area contributed by atoms with Crippen LogP contribution in [0.5, 0.6) is 0 Å². The highest BCUT2D eigenvalue weighted by molar-refractivity contribution is 5.80. The van der Waals surface area contributed by atoms with Crippen molar-refractivity contribution in [2.45, 2.75) is 13.0 Å². The van der Waals surface area contributed by atoms with Gasteiger partial charge in [-0.2, -0.15) is 0 Å². The van der Waals surface area contributed by atoms with E-state index in [1.54, 1.807) is 6.92 Å². The summed E-state index contributed by atoms with van der Waals surface area (Å²) in [6, 6.07) is 3.01. The zero-order valence-electron chi connectivity index (χ0n) is 9.47. The minimum Gasteiger partial charge on any atom is -0.349 e. The van der Waals surface area contributed by atoms with Gasteiger partial charge in [0.1, 0.15) is 11.6 Å². The summed E-state index contributed by atoms with van der Waals surface area (Å²) in [5.74, 6) is -1.53. The van der Waals surface area contributed by atoms with E-state index in [2.05, 4.69) is 10.6 Å². The predicted octanol–water partition coefficient (Wildman–Crippen LogP) is 1.36. The molecule has 0 aromatic heterocycles. The number of halogens is 2. The van der Waals surface area contributed by atoms with Gasteiger partial charge >= 0.3 is 0 Å². The Morgan fingerprint density at radius 3 is 2.47 bits per heavy atom. The standard InChI is InChI=1S/C12H14F2N2O/c1-7(16-12(17)8-5-15-6-8)11-9(13)3-2-4-10(11)14/h2-4,7-8,15H,5-6H2,1H3,(H,16,17). The van der Waals surface area contributed by atoms with Gasteiger partial charge in [0.25, 0.3) is 0 Å². The van der Waals surface area contributed by atoms with Crippen molar-refractivity contribution in [2.75, 3.05) is 13.1 Å². The molecular weight excluding hydrogens is 226 g/mol. The molecule has 2 rings (SSSR count). The number of carbonyl (C=O) groups is 1. The molecule has 1 saturated heterocycles. The first kappa shape index (κ1) is 12.0. The van der Waals surface area contributed by atoms with Crippen molar-refractivity contribution in [3.8, 4) is 0 Å². The summed E-state index contributed by atoms with van der Waals surface area (Å²) in [6.07, 6.45) is 0. The van der Waals surface area contributed by atoms with Crippen molar-refractivity contribution >= 4 is 5.91 Å². The average Bonchev–Trinajstić information content (AvgIpc) is 2.13. The van der Waals surface area contributed by atoms with Crippen LogP contribution in [0.25, 0.3) is 0 Å². The van der Waals surface area contributed by atoms with Gasteiger partial charge < -0.3 is 10.6 Å². The van der Waals surface area contributed by atoms with Crippen LogP contribution in [0.4, 0.5) is 8.78 Å². The molecule has 92 valence electrons. The van der Waals surface area contributed by atoms with E-state index in [-0.39, 0.29) is 17.4 Å². The Kier molecular flexibility index (Phi) is 3.38. The maximum atomic E-state index is 13.4. The molecule has 17 heavy (non-hydrogen) atoms. The molecule has 1 aliphatic rings. The van der Waals surface area contributed by atoms with Crippen LogP contribution in [0.1, 0.15) is 18.5 Å². The van der Waals surface area contributed by atoms with Crippen molar-refractivity contribution in [3.05, 3.63) is 35.4 Å². The van der Waals surface area contributed by atoms with Crippen LogP contribution in [0.15, 0.2) is 18.2 Å². The molecule has 1 aromatic carbocycles. The second-order valence-corrected chi connectivity index (χ2v) is 4.22. The maximum absolute atomic E-state index is 13.4. The van der Waals surface area contributed by atoms with Crippen molar-refractivity contribution in [3.63, 3.8) is 0 Å². The number of carbonyl (C=O) groups excluding carboxylic acids is 1. The molecule has 0 radical (unpaired) electrons. The van der Waals surface area contributed by atoms with E-state index >= 15 is 0 Å². The van der Waals surface area contributed by atoms with Gasteiger partial charge in [-0.3, -0.25) is 4.79 Å². The topological polar surface area (TPSA) is 41.1 Å². The van der Waals surface area contributed by atoms with Gasteiger partial charge in [0.05, 0.1) is 12.0 Å². The number of benzene rings is 1. The van der Waals surface area contributed by atoms with Crippen LogP contribution in [0.3, 0.4) is 0 Å². The molecule has 1 amide bonds. The summed E-state index contributed by atoms with van der Waals surface area (Å²) in [5.41, 5.74) is -0.0897. The van der Waals surface area contributed by atoms with Crippen LogP contribution in [0, 0.1) is 17.6 Å². The van der Waals surface area contributed by atoms with E-state index < -0.39 is 17.7 Å². The number of amides is 1. The highest BCUT2D eigenvalue weighted by Gasteiger charge is 2.27. The highest BCUT2D eigenvalue weighted by atomic mass is 19.1. The quantitative estimate of drug-likeness (QED) is 0.837. The first-order valence-corrected chi connectivity index (χ1v) is 5.54. The molecule has 3 nitrogen and oxygen atoms in total. The molecule has 0 saturated carbocycles. The molecule has 1 unspecified atom stereocenters. The van der Waals surface area contributed by atoms with E-state index in [0.29, 0.717) is 13.1 Å². The van der Waals surface area contributed by atoms with Gasteiger partial charge in [0.15, 0.2) is 0 Å². The zero-order valence-corrected chi connectivity index (χ0v) is 9.47. The summed E-state index contributed by atoms with van der Waals surface area (Å²) < 4.78 is 26.9. The summed E-state index contributed by atoms with van der Waals surface area (Å²) >= 11 is 0. The zero-order chi connectivity index (χ0) is 12.4. The first-order valence-electron chi connectivity index (χ1n) is 5.54. The molecular formula is C12H14F2N2O. The van der Waals surface area contributed by atoms with Gasteiger partial charge in [-0.15, -0.1) is 0 Å². The Hall–Kier alpha value is -1.49. The maximum Gasteiger partial charge on any atom is 0.226 e. The second kappa shape index (κ2) is 4.79. The van der Waals surface area contributed by atoms with Crippen LogP contribution < -0.4 is 10.6 Å². The Morgan fingerprint density at radius 1 is 1.41 bits per heavy atom. The highest BCUT2D eigenvalue weighted by Crippen LogP contribution is 2.20. The monoisotopic (exact) mass is 240 g/mol. The smallest absolute Gasteiger partial charge is 0.226 e. The lowest BCUT2D eigenvalue weighted by molar-refractivity contribution is -0.127. The molecule has 1 fully saturated rings. The largest absolute Gasteiger partial charge is 0.349 e. The molecule has 1 atom stereocenters. The van der Waals surface area contributed by atoms with E-state index in [1.165, 1.54) is 18.2 Å². The van der Waals surface area contributed by atoms with Crippen LogP contribution >= 0.6 is 0 Å². The Labute approximate surface area is 98.2 Å². The normalized spacial score (nSPS) is 17.4. The van der Waals surface area contributed by atoms with Crippen LogP contribution in [0.2, 0.25) is 0 Å². The molecule has 5 heteroatoms. The third-order valence-corrected chi connectivity index (χ3v) is 2.94. The van der Waals surface area contributed by atoms with Crippen molar-refractivity contribution in [1.82, 2.24) is 10.6 Å². The number of hydrogen-bond donors (Lipinski definition) is 2. The molecule has 1 aliphatic heterocycles. The van der Waals surface area contributed by atoms with Crippen molar-refractivity contribution in [1.29, 1.82) is 0 Å². The number of nitrogens with one attached hydrogen (secondary N) is 2. The molecule has 1 heterocycles. The lowest BCUT2D eigenvalue weighted by atomic mass is 10.0. The minimum absolute atomic E-state index is 0.0897. The number of rotatable bonds is 3. The van der Waals surface area contributed by atoms with E-state index in [4.69, 9.17) is 0 Å². The lowest BCUT2D eigenvalue weighted by Gasteiger charge is -2.27. The van der Waals surface area contributed by atoms with E-state index in [9.17, 15) is 13.6 Å². The van der Waals surface area contributed by atoms with Crippen molar-refractivity contribution < 1.29 is 13.6 Å². The fraction of sp³-hybridized carbons (Fsp3) is 0.417. The van der Waals surface area contributed by atoms with Crippen LogP contribution in [-0.4, -0.2) is 19.0 Å². The lowest BCUT2D eigenvalue weighted by Crippen LogP contribution is -2.51. The third-order valence-electron chi connectivity index (χ3n) is 2.94. The molecule has 2 N–H and O–H groups in total. The SMILES string of the molecule is CC(NC(=O)C1CNC1)c1c(F)cccc1F. The Morgan fingerprint density at radius 2 is 2.00 bits per heavy atom. The summed E-state index contributed by atoms with van der Waals surface area (Å²) in [4.78, 5) is 11.6. The summed E-state index contributed by atoms with van der Waals surface area (Å²) in [5, 5.41) is 5.59. The van der Waals surface area contributed by atoms with Gasteiger partial charge in [0.2, 0.25) is 5.91 Å². The predicted molar refractivity (Wildman–Crippen MR) is 59.3 cm³/mol. The Balaban J connectivity index is 2.08. The molecule has 0 spiro atoms. The van der Waals surface area contributed by atoms with Gasteiger partial charge in [-0.25, -0.2) is 8.78 Å². The van der Waals surface area contributed by atoms with Gasteiger partial charge in [-0.1, -0.05) is 6.07 Å². The van der Waals surface area contributed by atoms with E-state index in [0.717, 1.165) is 0 Å². The molecule has 1 aromatic rings. The Bertz CT molecular complexity index is 412. The van der Waals surface area contributed by atoms with E-state index in [1.807, 2.05) is 0 Å². The summed E-state index contributed by atoms with van der Waals surface area (Å²) in [6.45, 7) is 2.82. The fourth-order valence-electron chi connectivity index (χ4n) is 1.80. The minimum atomic E-state index is -0.663. The summed E-state index contributed by atoms with van der Waals surface area (Å²) in [7, 11) is 0. The third kappa shape index (κ3) is 2.44. The van der Waals surface area contributed by atoms with Crippen LogP contribution in [-0.2, 0) is 4.79 Å². The van der Waals surface area contributed by atoms with Gasteiger partial charge in [0, 0.05) is 18.7 Å². The average molecular weight is 240 g/mol. The number of hydrogen-bond acceptors (Lipinski definition) is 2. The fourth-order valence-corrected chi connectivity index (χ4v) is 1.80. The van der Waals surface area contributed by atoms with Crippen molar-refractivity contribution in [2.24, 2.45) is 5.92 Å². The van der Waals surface area contributed by atoms with Gasteiger partial charge in [-0.05, 0) is 19.1 Å². The molecule has 0 aliphatic carbocycles. The molecule has 0 bridgehead atoms.